The maximum absolute atomic E-state index is 6.32. The number of rotatable bonds is 1. The first-order valence-corrected chi connectivity index (χ1v) is 14.3. The molecule has 0 saturated heterocycles. The van der Waals surface area contributed by atoms with E-state index in [1.807, 2.05) is 17.4 Å². The van der Waals surface area contributed by atoms with Gasteiger partial charge < -0.3 is 13.9 Å². The molecule has 1 aliphatic rings. The molecule has 0 saturated carbocycles. The molecular formula is C36H20N2OS. The lowest BCUT2D eigenvalue weighted by Gasteiger charge is -2.33. The fraction of sp³-hybridized carbons (Fsp3) is 0. The number of hydrogen-bond acceptors (Lipinski definition) is 3. The largest absolute Gasteiger partial charge is 0.456 e. The molecule has 0 radical (unpaired) electrons. The Balaban J connectivity index is 1.36. The summed E-state index contributed by atoms with van der Waals surface area (Å²) in [5.74, 6) is 0. The van der Waals surface area contributed by atoms with Gasteiger partial charge in [0, 0.05) is 37.0 Å². The highest BCUT2D eigenvalue weighted by Gasteiger charge is 2.30. The predicted octanol–water partition coefficient (Wildman–Crippen LogP) is 10.8. The van der Waals surface area contributed by atoms with E-state index >= 15 is 0 Å². The molecule has 1 aliphatic heterocycles. The van der Waals surface area contributed by atoms with Gasteiger partial charge in [0.05, 0.1) is 38.5 Å². The van der Waals surface area contributed by atoms with Gasteiger partial charge in [-0.15, -0.1) is 11.3 Å². The van der Waals surface area contributed by atoms with E-state index in [2.05, 4.69) is 125 Å². The summed E-state index contributed by atoms with van der Waals surface area (Å²) in [7, 11) is 0. The van der Waals surface area contributed by atoms with Crippen LogP contribution in [0.5, 0.6) is 0 Å². The standard InChI is InChI=1S/C36H20N2OS/c1-5-17-32-21(9-1)26-19-31-25(20-33(26)39-32)23-11-7-15-29-35(23)38(31)28-14-4-3-13-27(28)37(29)30-16-8-12-24-22-10-2-6-18-34(22)40-36(24)30/h1-20H. The van der Waals surface area contributed by atoms with Crippen molar-refractivity contribution >= 4 is 92.3 Å². The van der Waals surface area contributed by atoms with Crippen molar-refractivity contribution in [3.05, 3.63) is 121 Å². The topological polar surface area (TPSA) is 21.3 Å². The van der Waals surface area contributed by atoms with Gasteiger partial charge in [0.2, 0.25) is 0 Å². The van der Waals surface area contributed by atoms with Gasteiger partial charge >= 0.3 is 0 Å². The highest BCUT2D eigenvalue weighted by Crippen LogP contribution is 2.52. The Morgan fingerprint density at radius 2 is 1.18 bits per heavy atom. The Morgan fingerprint density at radius 1 is 0.475 bits per heavy atom. The lowest BCUT2D eigenvalue weighted by atomic mass is 10.1. The van der Waals surface area contributed by atoms with Gasteiger partial charge in [-0.25, -0.2) is 0 Å². The smallest absolute Gasteiger partial charge is 0.136 e. The Labute approximate surface area is 232 Å². The number of anilines is 3. The molecule has 40 heavy (non-hydrogen) atoms. The summed E-state index contributed by atoms with van der Waals surface area (Å²) < 4.78 is 11.4. The normalized spacial score (nSPS) is 12.9. The van der Waals surface area contributed by atoms with Crippen molar-refractivity contribution < 1.29 is 4.42 Å². The molecular weight excluding hydrogens is 508 g/mol. The molecule has 0 atom stereocenters. The minimum Gasteiger partial charge on any atom is -0.456 e. The zero-order valence-corrected chi connectivity index (χ0v) is 22.1. The zero-order valence-electron chi connectivity index (χ0n) is 21.3. The number of fused-ring (bicyclic) bond motifs is 11. The van der Waals surface area contributed by atoms with Crippen LogP contribution in [0.4, 0.5) is 17.1 Å². The molecule has 4 heteroatoms. The quantitative estimate of drug-likeness (QED) is 0.211. The van der Waals surface area contributed by atoms with E-state index in [1.54, 1.807) is 0 Å². The summed E-state index contributed by atoms with van der Waals surface area (Å²) in [5, 5.41) is 7.37. The highest BCUT2D eigenvalue weighted by molar-refractivity contribution is 7.26. The SMILES string of the molecule is c1ccc2c(c1)N(c1cccc3c1sc1ccccc13)c1cccc3c4cc5oc6ccccc6c5cc4n-2c13. The number of nitrogens with zero attached hydrogens (tertiary/aromatic N) is 2. The minimum absolute atomic E-state index is 0.928. The molecule has 6 aromatic carbocycles. The fourth-order valence-corrected chi connectivity index (χ4v) is 8.04. The monoisotopic (exact) mass is 528 g/mol. The van der Waals surface area contributed by atoms with Gasteiger partial charge in [-0.2, -0.15) is 0 Å². The Hall–Kier alpha value is -5.06. The molecule has 4 heterocycles. The average Bonchev–Trinajstić information content (AvgIpc) is 3.67. The lowest BCUT2D eigenvalue weighted by Crippen LogP contribution is -2.18. The molecule has 0 amide bonds. The second-order valence-electron chi connectivity index (χ2n) is 10.5. The fourth-order valence-electron chi connectivity index (χ4n) is 6.84. The third kappa shape index (κ3) is 2.50. The van der Waals surface area contributed by atoms with Gasteiger partial charge in [-0.05, 0) is 48.5 Å². The number of para-hydroxylation sites is 4. The summed E-state index contributed by atoms with van der Waals surface area (Å²) in [6.07, 6.45) is 0. The number of hydrogen-bond donors (Lipinski definition) is 0. The van der Waals surface area contributed by atoms with Crippen molar-refractivity contribution in [2.45, 2.75) is 0 Å². The molecule has 0 bridgehead atoms. The zero-order chi connectivity index (χ0) is 25.9. The van der Waals surface area contributed by atoms with Gasteiger partial charge in [0.1, 0.15) is 11.2 Å². The van der Waals surface area contributed by atoms with Crippen molar-refractivity contribution in [1.82, 2.24) is 4.57 Å². The average molecular weight is 529 g/mol. The van der Waals surface area contributed by atoms with E-state index in [9.17, 15) is 0 Å². The van der Waals surface area contributed by atoms with E-state index in [0.717, 1.165) is 21.9 Å². The number of thiophene rings is 1. The van der Waals surface area contributed by atoms with E-state index in [4.69, 9.17) is 4.42 Å². The maximum atomic E-state index is 6.32. The third-order valence-electron chi connectivity index (χ3n) is 8.49. The van der Waals surface area contributed by atoms with Gasteiger partial charge in [-0.3, -0.25) is 0 Å². The Kier molecular flexibility index (Phi) is 3.81. The molecule has 3 aromatic heterocycles. The number of benzene rings is 6. The van der Waals surface area contributed by atoms with Crippen LogP contribution in [0, 0.1) is 0 Å². The second kappa shape index (κ2) is 7.32. The van der Waals surface area contributed by atoms with Crippen molar-refractivity contribution in [3.8, 4) is 5.69 Å². The number of furan rings is 1. The number of aromatic nitrogens is 1. The van der Waals surface area contributed by atoms with Gasteiger partial charge in [0.15, 0.2) is 0 Å². The maximum Gasteiger partial charge on any atom is 0.136 e. The van der Waals surface area contributed by atoms with Crippen LogP contribution in [-0.2, 0) is 0 Å². The van der Waals surface area contributed by atoms with Crippen molar-refractivity contribution in [3.63, 3.8) is 0 Å². The van der Waals surface area contributed by atoms with E-state index in [-0.39, 0.29) is 0 Å². The van der Waals surface area contributed by atoms with E-state index in [0.29, 0.717) is 0 Å². The van der Waals surface area contributed by atoms with Crippen LogP contribution in [0.1, 0.15) is 0 Å². The predicted molar refractivity (Wildman–Crippen MR) is 169 cm³/mol. The Bertz CT molecular complexity index is 2510. The van der Waals surface area contributed by atoms with Crippen LogP contribution in [0.2, 0.25) is 0 Å². The molecule has 9 aromatic rings. The van der Waals surface area contributed by atoms with E-state index in [1.165, 1.54) is 64.7 Å². The summed E-state index contributed by atoms with van der Waals surface area (Å²) in [6.45, 7) is 0. The van der Waals surface area contributed by atoms with Crippen LogP contribution in [0.25, 0.3) is 69.6 Å². The van der Waals surface area contributed by atoms with Crippen LogP contribution in [0.15, 0.2) is 126 Å². The van der Waals surface area contributed by atoms with Gasteiger partial charge in [-0.1, -0.05) is 72.8 Å². The van der Waals surface area contributed by atoms with Crippen molar-refractivity contribution in [2.75, 3.05) is 4.90 Å². The molecule has 0 N–H and O–H groups in total. The first kappa shape index (κ1) is 20.8. The van der Waals surface area contributed by atoms with Crippen molar-refractivity contribution in [2.24, 2.45) is 0 Å². The van der Waals surface area contributed by atoms with Crippen molar-refractivity contribution in [1.29, 1.82) is 0 Å². The molecule has 10 rings (SSSR count). The van der Waals surface area contributed by atoms with Crippen LogP contribution in [0.3, 0.4) is 0 Å². The lowest BCUT2D eigenvalue weighted by molar-refractivity contribution is 0.669. The first-order chi connectivity index (χ1) is 19.8. The van der Waals surface area contributed by atoms with Crippen LogP contribution in [-0.4, -0.2) is 4.57 Å². The van der Waals surface area contributed by atoms with Gasteiger partial charge in [0.25, 0.3) is 0 Å². The van der Waals surface area contributed by atoms with Crippen LogP contribution >= 0.6 is 11.3 Å². The summed E-state index contributed by atoms with van der Waals surface area (Å²) in [4.78, 5) is 2.47. The molecule has 0 unspecified atom stereocenters. The van der Waals surface area contributed by atoms with Crippen LogP contribution < -0.4 is 4.90 Å². The second-order valence-corrected chi connectivity index (χ2v) is 11.6. The summed E-state index contributed by atoms with van der Waals surface area (Å²) in [6, 6.07) is 43.8. The molecule has 0 spiro atoms. The molecule has 0 fully saturated rings. The molecule has 3 nitrogen and oxygen atoms in total. The summed E-state index contributed by atoms with van der Waals surface area (Å²) >= 11 is 1.88. The summed E-state index contributed by atoms with van der Waals surface area (Å²) in [5.41, 5.74) is 9.07. The Morgan fingerprint density at radius 3 is 2.10 bits per heavy atom. The third-order valence-corrected chi connectivity index (χ3v) is 9.70. The first-order valence-electron chi connectivity index (χ1n) is 13.5. The van der Waals surface area contributed by atoms with E-state index < -0.39 is 0 Å². The highest BCUT2D eigenvalue weighted by atomic mass is 32.1. The molecule has 186 valence electrons. The minimum atomic E-state index is 0.928. The molecule has 0 aliphatic carbocycles.